The Bertz CT molecular complexity index is 1070. The molecule has 0 saturated carbocycles. The van der Waals surface area contributed by atoms with Gasteiger partial charge in [0.2, 0.25) is 0 Å². The van der Waals surface area contributed by atoms with Crippen molar-refractivity contribution < 1.29 is 13.9 Å². The summed E-state index contributed by atoms with van der Waals surface area (Å²) >= 11 is 0. The van der Waals surface area contributed by atoms with Crippen molar-refractivity contribution in [3.63, 3.8) is 0 Å². The quantitative estimate of drug-likeness (QED) is 0.611. The van der Waals surface area contributed by atoms with Crippen LogP contribution in [0.4, 0.5) is 4.39 Å². The van der Waals surface area contributed by atoms with Crippen molar-refractivity contribution in [1.82, 2.24) is 14.9 Å². The third-order valence-corrected chi connectivity index (χ3v) is 6.00. The molecular weight excluding hydrogens is 393 g/mol. The van der Waals surface area contributed by atoms with Crippen LogP contribution in [-0.2, 0) is 6.54 Å². The normalized spacial score (nSPS) is 18.7. The maximum absolute atomic E-state index is 13.4. The molecule has 2 aliphatic rings. The molecular formula is C25H26FN3O2. The van der Waals surface area contributed by atoms with Gasteiger partial charge in [0.15, 0.2) is 11.5 Å². The Kier molecular flexibility index (Phi) is 5.55. The molecule has 0 aliphatic carbocycles. The van der Waals surface area contributed by atoms with E-state index in [1.165, 1.54) is 17.7 Å². The standard InChI is InChI=1S/C25H26FN3O2/c1-17-27-14-22(19-5-7-21(26)8-6-19)25(28-17)20-3-2-10-29(16-20)15-18-4-9-23-24(13-18)31-12-11-30-23/h4-9,13-14,20H,2-3,10-12,15-16H2,1H3/t20-/m1/s1. The van der Waals surface area contributed by atoms with E-state index in [1.807, 2.05) is 31.3 Å². The maximum atomic E-state index is 13.4. The molecule has 0 spiro atoms. The summed E-state index contributed by atoms with van der Waals surface area (Å²) in [4.78, 5) is 11.7. The van der Waals surface area contributed by atoms with Gasteiger partial charge in [-0.15, -0.1) is 0 Å². The summed E-state index contributed by atoms with van der Waals surface area (Å²) in [6.45, 7) is 5.98. The van der Waals surface area contributed by atoms with E-state index in [1.54, 1.807) is 0 Å². The number of rotatable bonds is 4. The monoisotopic (exact) mass is 419 g/mol. The van der Waals surface area contributed by atoms with Crippen molar-refractivity contribution in [3.8, 4) is 22.6 Å². The average Bonchev–Trinajstić information content (AvgIpc) is 2.80. The van der Waals surface area contributed by atoms with E-state index in [-0.39, 0.29) is 5.82 Å². The van der Waals surface area contributed by atoms with Gasteiger partial charge in [0, 0.05) is 30.8 Å². The Morgan fingerprint density at radius 1 is 1.06 bits per heavy atom. The molecule has 2 aliphatic heterocycles. The van der Waals surface area contributed by atoms with Crippen LogP contribution in [-0.4, -0.2) is 41.2 Å². The first-order valence-electron chi connectivity index (χ1n) is 10.9. The first-order chi connectivity index (χ1) is 15.2. The summed E-state index contributed by atoms with van der Waals surface area (Å²) in [7, 11) is 0. The number of piperidine rings is 1. The zero-order chi connectivity index (χ0) is 21.2. The fraction of sp³-hybridized carbons (Fsp3) is 0.360. The van der Waals surface area contributed by atoms with E-state index in [2.05, 4.69) is 22.0 Å². The largest absolute Gasteiger partial charge is 0.486 e. The number of nitrogens with zero attached hydrogens (tertiary/aromatic N) is 3. The lowest BCUT2D eigenvalue weighted by molar-refractivity contribution is 0.170. The number of hydrogen-bond donors (Lipinski definition) is 0. The minimum atomic E-state index is -0.235. The van der Waals surface area contributed by atoms with Crippen LogP contribution in [0, 0.1) is 12.7 Å². The lowest BCUT2D eigenvalue weighted by Gasteiger charge is -2.33. The Balaban J connectivity index is 1.37. The van der Waals surface area contributed by atoms with E-state index >= 15 is 0 Å². The molecule has 5 nitrogen and oxygen atoms in total. The number of fused-ring (bicyclic) bond motifs is 1. The second-order valence-electron chi connectivity index (χ2n) is 8.28. The van der Waals surface area contributed by atoms with Gasteiger partial charge in [-0.3, -0.25) is 4.90 Å². The van der Waals surface area contributed by atoms with Gasteiger partial charge >= 0.3 is 0 Å². The Hall–Kier alpha value is -2.99. The molecule has 0 N–H and O–H groups in total. The van der Waals surface area contributed by atoms with Crippen molar-refractivity contribution in [2.75, 3.05) is 26.3 Å². The predicted octanol–water partition coefficient (Wildman–Crippen LogP) is 4.74. The number of aryl methyl sites for hydroxylation is 1. The summed E-state index contributed by atoms with van der Waals surface area (Å²) < 4.78 is 24.8. The Morgan fingerprint density at radius 2 is 1.87 bits per heavy atom. The highest BCUT2D eigenvalue weighted by molar-refractivity contribution is 5.65. The van der Waals surface area contributed by atoms with Crippen molar-refractivity contribution in [1.29, 1.82) is 0 Å². The van der Waals surface area contributed by atoms with Gasteiger partial charge < -0.3 is 9.47 Å². The second kappa shape index (κ2) is 8.63. The van der Waals surface area contributed by atoms with Crippen molar-refractivity contribution in [2.45, 2.75) is 32.2 Å². The Morgan fingerprint density at radius 3 is 2.71 bits per heavy atom. The number of aromatic nitrogens is 2. The number of ether oxygens (including phenoxy) is 2. The van der Waals surface area contributed by atoms with Gasteiger partial charge in [-0.1, -0.05) is 18.2 Å². The molecule has 31 heavy (non-hydrogen) atoms. The first kappa shape index (κ1) is 19.9. The molecule has 1 aromatic heterocycles. The number of likely N-dealkylation sites (tertiary alicyclic amines) is 1. The Labute approximate surface area is 181 Å². The van der Waals surface area contributed by atoms with Gasteiger partial charge in [0.05, 0.1) is 5.69 Å². The van der Waals surface area contributed by atoms with Crippen LogP contribution in [0.2, 0.25) is 0 Å². The number of halogens is 1. The fourth-order valence-corrected chi connectivity index (χ4v) is 4.52. The van der Waals surface area contributed by atoms with Crippen LogP contribution in [0.1, 0.15) is 35.8 Å². The molecule has 3 heterocycles. The molecule has 1 atom stereocenters. The molecule has 1 fully saturated rings. The molecule has 1 saturated heterocycles. The maximum Gasteiger partial charge on any atom is 0.161 e. The van der Waals surface area contributed by atoms with Crippen LogP contribution in [0.3, 0.4) is 0 Å². The first-order valence-corrected chi connectivity index (χ1v) is 10.9. The van der Waals surface area contributed by atoms with Gasteiger partial charge in [-0.25, -0.2) is 14.4 Å². The van der Waals surface area contributed by atoms with Gasteiger partial charge in [-0.05, 0) is 61.7 Å². The molecule has 3 aromatic rings. The second-order valence-corrected chi connectivity index (χ2v) is 8.28. The average molecular weight is 420 g/mol. The zero-order valence-corrected chi connectivity index (χ0v) is 17.7. The van der Waals surface area contributed by atoms with Crippen LogP contribution in [0.5, 0.6) is 11.5 Å². The smallest absolute Gasteiger partial charge is 0.161 e. The minimum absolute atomic E-state index is 0.235. The van der Waals surface area contributed by atoms with Crippen LogP contribution >= 0.6 is 0 Å². The summed E-state index contributed by atoms with van der Waals surface area (Å²) in [5, 5.41) is 0. The van der Waals surface area contributed by atoms with E-state index in [9.17, 15) is 4.39 Å². The third-order valence-electron chi connectivity index (χ3n) is 6.00. The topological polar surface area (TPSA) is 47.5 Å². The molecule has 0 radical (unpaired) electrons. The molecule has 0 amide bonds. The van der Waals surface area contributed by atoms with Crippen LogP contribution in [0.25, 0.3) is 11.1 Å². The highest BCUT2D eigenvalue weighted by Crippen LogP contribution is 2.35. The number of benzene rings is 2. The van der Waals surface area contributed by atoms with Crippen molar-refractivity contribution in [2.24, 2.45) is 0 Å². The molecule has 160 valence electrons. The van der Waals surface area contributed by atoms with Gasteiger partial charge in [-0.2, -0.15) is 0 Å². The van der Waals surface area contributed by atoms with E-state index in [0.29, 0.717) is 19.1 Å². The molecule has 2 aromatic carbocycles. The summed E-state index contributed by atoms with van der Waals surface area (Å²) in [6, 6.07) is 12.8. The molecule has 6 heteroatoms. The lowest BCUT2D eigenvalue weighted by Crippen LogP contribution is -2.34. The highest BCUT2D eigenvalue weighted by Gasteiger charge is 2.26. The molecule has 0 bridgehead atoms. The molecule has 5 rings (SSSR count). The van der Waals surface area contributed by atoms with Crippen molar-refractivity contribution in [3.05, 3.63) is 71.6 Å². The predicted molar refractivity (Wildman–Crippen MR) is 117 cm³/mol. The van der Waals surface area contributed by atoms with Crippen LogP contribution in [0.15, 0.2) is 48.7 Å². The minimum Gasteiger partial charge on any atom is -0.486 e. The van der Waals surface area contributed by atoms with Crippen molar-refractivity contribution >= 4 is 0 Å². The highest BCUT2D eigenvalue weighted by atomic mass is 19.1. The van der Waals surface area contributed by atoms with E-state index in [0.717, 1.165) is 66.6 Å². The van der Waals surface area contributed by atoms with Crippen LogP contribution < -0.4 is 9.47 Å². The zero-order valence-electron chi connectivity index (χ0n) is 17.7. The number of hydrogen-bond acceptors (Lipinski definition) is 5. The van der Waals surface area contributed by atoms with E-state index < -0.39 is 0 Å². The summed E-state index contributed by atoms with van der Waals surface area (Å²) in [5.41, 5.74) is 4.24. The SMILES string of the molecule is Cc1ncc(-c2ccc(F)cc2)c([C@@H]2CCCN(Cc3ccc4c(c3)OCCO4)C2)n1. The van der Waals surface area contributed by atoms with Gasteiger partial charge in [0.1, 0.15) is 24.9 Å². The van der Waals surface area contributed by atoms with Gasteiger partial charge in [0.25, 0.3) is 0 Å². The fourth-order valence-electron chi connectivity index (χ4n) is 4.52. The summed E-state index contributed by atoms with van der Waals surface area (Å²) in [6.07, 6.45) is 4.08. The molecule has 0 unspecified atom stereocenters. The van der Waals surface area contributed by atoms with E-state index in [4.69, 9.17) is 14.5 Å². The lowest BCUT2D eigenvalue weighted by atomic mass is 9.89. The third kappa shape index (κ3) is 4.39. The summed E-state index contributed by atoms with van der Waals surface area (Å²) in [5.74, 6) is 2.51.